The minimum Gasteiger partial charge on any atom is -0.444 e. The van der Waals surface area contributed by atoms with E-state index in [1.807, 2.05) is 20.8 Å². The lowest BCUT2D eigenvalue weighted by molar-refractivity contribution is 0.0636. The van der Waals surface area contributed by atoms with Crippen LogP contribution in [0.25, 0.3) is 0 Å². The van der Waals surface area contributed by atoms with Gasteiger partial charge >= 0.3 is 6.09 Å². The maximum Gasteiger partial charge on any atom is 0.412 e. The Bertz CT molecular complexity index is 459. The van der Waals surface area contributed by atoms with Crippen molar-refractivity contribution in [3.8, 4) is 0 Å². The Morgan fingerprint density at radius 2 is 2.26 bits per heavy atom. The lowest BCUT2D eigenvalue weighted by Crippen LogP contribution is -2.27. The van der Waals surface area contributed by atoms with Gasteiger partial charge in [-0.2, -0.15) is 0 Å². The quantitative estimate of drug-likeness (QED) is 0.835. The molecule has 1 N–H and O–H groups in total. The highest BCUT2D eigenvalue weighted by atomic mass is 32.1. The summed E-state index contributed by atoms with van der Waals surface area (Å²) in [5.41, 5.74) is 1.86. The fourth-order valence-electron chi connectivity index (χ4n) is 2.62. The number of anilines is 1. The molecule has 1 aromatic heterocycles. The smallest absolute Gasteiger partial charge is 0.412 e. The fraction of sp³-hybridized carbons (Fsp3) is 0.667. The summed E-state index contributed by atoms with van der Waals surface area (Å²) in [6.45, 7) is 7.86. The average Bonchev–Trinajstić information content (AvgIpc) is 2.70. The number of amides is 1. The number of thiophene rings is 1. The third-order valence-electron chi connectivity index (χ3n) is 3.40. The van der Waals surface area contributed by atoms with Gasteiger partial charge in [0.1, 0.15) is 5.60 Å². The van der Waals surface area contributed by atoms with Crippen molar-refractivity contribution in [2.24, 2.45) is 0 Å². The van der Waals surface area contributed by atoms with Crippen molar-refractivity contribution in [1.82, 2.24) is 0 Å². The number of aryl methyl sites for hydroxylation is 1. The Balaban J connectivity index is 2.14. The summed E-state index contributed by atoms with van der Waals surface area (Å²) >= 11 is 1.76. The molecule has 1 aliphatic carbocycles. The predicted octanol–water partition coefficient (Wildman–Crippen LogP) is 4.93. The van der Waals surface area contributed by atoms with Crippen LogP contribution < -0.4 is 5.32 Å². The van der Waals surface area contributed by atoms with Crippen LogP contribution >= 0.6 is 11.3 Å². The van der Waals surface area contributed by atoms with Crippen LogP contribution in [0.3, 0.4) is 0 Å². The maximum absolute atomic E-state index is 11.9. The molecule has 0 bridgehead atoms. The summed E-state index contributed by atoms with van der Waals surface area (Å²) < 4.78 is 5.33. The van der Waals surface area contributed by atoms with Gasteiger partial charge in [-0.3, -0.25) is 5.32 Å². The van der Waals surface area contributed by atoms with Crippen LogP contribution in [0.2, 0.25) is 0 Å². The molecule has 19 heavy (non-hydrogen) atoms. The first-order valence-electron chi connectivity index (χ1n) is 7.01. The summed E-state index contributed by atoms with van der Waals surface area (Å²) in [6.07, 6.45) is 4.41. The normalized spacial score (nSPS) is 18.8. The van der Waals surface area contributed by atoms with Crippen LogP contribution in [0.4, 0.5) is 10.5 Å². The van der Waals surface area contributed by atoms with Crippen molar-refractivity contribution in [3.05, 3.63) is 15.8 Å². The molecular weight excluding hydrogens is 258 g/mol. The Morgan fingerprint density at radius 1 is 1.53 bits per heavy atom. The lowest BCUT2D eigenvalue weighted by Gasteiger charge is -2.24. The van der Waals surface area contributed by atoms with Crippen molar-refractivity contribution in [1.29, 1.82) is 0 Å². The first-order chi connectivity index (χ1) is 8.90. The molecule has 1 amide bonds. The van der Waals surface area contributed by atoms with Crippen LogP contribution in [-0.4, -0.2) is 11.7 Å². The van der Waals surface area contributed by atoms with E-state index in [1.165, 1.54) is 23.3 Å². The molecule has 1 unspecified atom stereocenters. The molecule has 2 rings (SSSR count). The third kappa shape index (κ3) is 3.50. The molecule has 0 spiro atoms. The molecule has 3 nitrogen and oxygen atoms in total. The third-order valence-corrected chi connectivity index (χ3v) is 4.46. The first kappa shape index (κ1) is 14.4. The maximum atomic E-state index is 11.9. The van der Waals surface area contributed by atoms with E-state index in [9.17, 15) is 4.79 Å². The molecule has 0 saturated carbocycles. The van der Waals surface area contributed by atoms with Gasteiger partial charge in [0.15, 0.2) is 0 Å². The standard InChI is InChI=1S/C15H23NO2S/c1-5-10-7-6-8-12-13(10)11(9-19-12)16-14(17)18-15(2,3)4/h9-10H,5-8H2,1-4H3,(H,16,17). The number of carbonyl (C=O) groups excluding carboxylic acids is 1. The van der Waals surface area contributed by atoms with E-state index >= 15 is 0 Å². The number of rotatable bonds is 2. The number of hydrogen-bond acceptors (Lipinski definition) is 3. The minimum absolute atomic E-state index is 0.353. The molecule has 0 aromatic carbocycles. The summed E-state index contributed by atoms with van der Waals surface area (Å²) in [6, 6.07) is 0. The highest BCUT2D eigenvalue weighted by molar-refractivity contribution is 7.10. The van der Waals surface area contributed by atoms with Crippen LogP contribution in [0.15, 0.2) is 5.38 Å². The number of carbonyl (C=O) groups is 1. The van der Waals surface area contributed by atoms with Gasteiger partial charge in [-0.05, 0) is 57.9 Å². The summed E-state index contributed by atoms with van der Waals surface area (Å²) in [5, 5.41) is 4.98. The van der Waals surface area contributed by atoms with Gasteiger partial charge in [0.05, 0.1) is 5.69 Å². The zero-order valence-corrected chi connectivity index (χ0v) is 13.0. The van der Waals surface area contributed by atoms with Crippen LogP contribution in [0.1, 0.15) is 63.3 Å². The van der Waals surface area contributed by atoms with Crippen LogP contribution in [0.5, 0.6) is 0 Å². The van der Waals surface area contributed by atoms with Crippen molar-refractivity contribution >= 4 is 23.1 Å². The van der Waals surface area contributed by atoms with E-state index in [4.69, 9.17) is 4.74 Å². The highest BCUT2D eigenvalue weighted by Gasteiger charge is 2.25. The van der Waals surface area contributed by atoms with Gasteiger partial charge in [-0.1, -0.05) is 6.92 Å². The molecular formula is C15H23NO2S. The van der Waals surface area contributed by atoms with E-state index < -0.39 is 5.60 Å². The van der Waals surface area contributed by atoms with E-state index in [0.717, 1.165) is 18.5 Å². The van der Waals surface area contributed by atoms with Crippen molar-refractivity contribution in [2.75, 3.05) is 5.32 Å². The number of nitrogens with one attached hydrogen (secondary N) is 1. The zero-order chi connectivity index (χ0) is 14.0. The van der Waals surface area contributed by atoms with Gasteiger partial charge in [0, 0.05) is 10.3 Å². The summed E-state index contributed by atoms with van der Waals surface area (Å²) in [5.74, 6) is 0.583. The molecule has 0 radical (unpaired) electrons. The Morgan fingerprint density at radius 3 is 2.89 bits per heavy atom. The van der Waals surface area contributed by atoms with Gasteiger partial charge in [0.25, 0.3) is 0 Å². The van der Waals surface area contributed by atoms with Gasteiger partial charge in [-0.25, -0.2) is 4.79 Å². The molecule has 1 aromatic rings. The molecule has 106 valence electrons. The van der Waals surface area contributed by atoms with Crippen LogP contribution in [-0.2, 0) is 11.2 Å². The Hall–Kier alpha value is -1.03. The monoisotopic (exact) mass is 281 g/mol. The van der Waals surface area contributed by atoms with Crippen LogP contribution in [0, 0.1) is 0 Å². The topological polar surface area (TPSA) is 38.3 Å². The van der Waals surface area contributed by atoms with E-state index in [-0.39, 0.29) is 6.09 Å². The number of ether oxygens (including phenoxy) is 1. The molecule has 1 atom stereocenters. The second-order valence-electron chi connectivity index (χ2n) is 6.11. The van der Waals surface area contributed by atoms with Gasteiger partial charge in [0.2, 0.25) is 0 Å². The average molecular weight is 281 g/mol. The SMILES string of the molecule is CCC1CCCc2scc(NC(=O)OC(C)(C)C)c21. The first-order valence-corrected chi connectivity index (χ1v) is 7.89. The summed E-state index contributed by atoms with van der Waals surface area (Å²) in [4.78, 5) is 13.3. The van der Waals surface area contributed by atoms with E-state index in [0.29, 0.717) is 5.92 Å². The van der Waals surface area contributed by atoms with Crippen molar-refractivity contribution < 1.29 is 9.53 Å². The van der Waals surface area contributed by atoms with E-state index in [1.54, 1.807) is 11.3 Å². The zero-order valence-electron chi connectivity index (χ0n) is 12.2. The highest BCUT2D eigenvalue weighted by Crippen LogP contribution is 2.42. The Kier molecular flexibility index (Phi) is 4.19. The van der Waals surface area contributed by atoms with Gasteiger partial charge < -0.3 is 4.74 Å². The summed E-state index contributed by atoms with van der Waals surface area (Å²) in [7, 11) is 0. The Labute approximate surface area is 119 Å². The molecule has 1 heterocycles. The number of hydrogen-bond donors (Lipinski definition) is 1. The molecule has 4 heteroatoms. The molecule has 0 aliphatic heterocycles. The molecule has 0 fully saturated rings. The number of fused-ring (bicyclic) bond motifs is 1. The second kappa shape index (κ2) is 5.53. The lowest BCUT2D eigenvalue weighted by atomic mass is 9.85. The minimum atomic E-state index is -0.454. The largest absolute Gasteiger partial charge is 0.444 e. The molecule has 1 aliphatic rings. The second-order valence-corrected chi connectivity index (χ2v) is 7.07. The fourth-order valence-corrected chi connectivity index (χ4v) is 3.73. The predicted molar refractivity (Wildman–Crippen MR) is 80.1 cm³/mol. The van der Waals surface area contributed by atoms with Crippen molar-refractivity contribution in [3.63, 3.8) is 0 Å². The van der Waals surface area contributed by atoms with Crippen molar-refractivity contribution in [2.45, 2.75) is 64.9 Å². The molecule has 0 saturated heterocycles. The van der Waals surface area contributed by atoms with E-state index in [2.05, 4.69) is 17.6 Å². The van der Waals surface area contributed by atoms with Gasteiger partial charge in [-0.15, -0.1) is 11.3 Å².